The lowest BCUT2D eigenvalue weighted by Crippen LogP contribution is -2.41. The van der Waals surface area contributed by atoms with Crippen LogP contribution in [0.1, 0.15) is 35.2 Å². The van der Waals surface area contributed by atoms with Crippen LogP contribution in [0.5, 0.6) is 5.75 Å². The van der Waals surface area contributed by atoms with Crippen LogP contribution in [0.4, 0.5) is 36.2 Å². The largest absolute Gasteiger partial charge is 0.494 e. The Morgan fingerprint density at radius 3 is 2.67 bits per heavy atom. The second-order valence-corrected chi connectivity index (χ2v) is 9.78. The zero-order chi connectivity index (χ0) is 27.6. The molecule has 0 aliphatic carbocycles. The number of hydrogen-bond acceptors (Lipinski definition) is 7. The second-order valence-electron chi connectivity index (χ2n) is 9.78. The summed E-state index contributed by atoms with van der Waals surface area (Å²) in [6.07, 6.45) is -1.13. The number of rotatable bonds is 8. The van der Waals surface area contributed by atoms with Crippen molar-refractivity contribution in [2.75, 3.05) is 42.8 Å². The number of halogens is 3. The third-order valence-corrected chi connectivity index (χ3v) is 7.39. The highest BCUT2D eigenvalue weighted by Gasteiger charge is 2.35. The molecule has 206 valence electrons. The normalized spacial score (nSPS) is 15.7. The van der Waals surface area contributed by atoms with Crippen LogP contribution >= 0.6 is 0 Å². The topological polar surface area (TPSA) is 91.4 Å². The van der Waals surface area contributed by atoms with Crippen molar-refractivity contribution in [1.29, 1.82) is 0 Å². The molecule has 5 rings (SSSR count). The Bertz CT molecular complexity index is 1360. The molecule has 0 radical (unpaired) electrons. The van der Waals surface area contributed by atoms with Crippen molar-refractivity contribution in [1.82, 2.24) is 15.3 Å². The molecule has 2 aliphatic rings. The second kappa shape index (κ2) is 11.1. The molecule has 0 saturated carbocycles. The van der Waals surface area contributed by atoms with Crippen LogP contribution in [-0.4, -0.2) is 49.2 Å². The molecule has 39 heavy (non-hydrogen) atoms. The number of nitrogens with zero attached hydrogens (tertiary/aromatic N) is 3. The van der Waals surface area contributed by atoms with Crippen molar-refractivity contribution in [3.8, 4) is 5.75 Å². The number of fused-ring (bicyclic) bond motifs is 1. The predicted molar refractivity (Wildman–Crippen MR) is 144 cm³/mol. The van der Waals surface area contributed by atoms with Crippen LogP contribution in [0.25, 0.3) is 0 Å². The minimum absolute atomic E-state index is 0.0370. The van der Waals surface area contributed by atoms with E-state index >= 15 is 0 Å². The maximum atomic E-state index is 13.8. The van der Waals surface area contributed by atoms with Gasteiger partial charge in [-0.05, 0) is 62.1 Å². The van der Waals surface area contributed by atoms with Gasteiger partial charge in [0.1, 0.15) is 5.75 Å². The van der Waals surface area contributed by atoms with Gasteiger partial charge in [-0.25, -0.2) is 9.97 Å². The highest BCUT2D eigenvalue weighted by molar-refractivity contribution is 5.99. The lowest BCUT2D eigenvalue weighted by molar-refractivity contribution is -0.138. The number of nitrogens with one attached hydrogen (secondary N) is 3. The third kappa shape index (κ3) is 5.93. The van der Waals surface area contributed by atoms with Crippen LogP contribution in [-0.2, 0) is 30.2 Å². The van der Waals surface area contributed by atoms with Gasteiger partial charge in [0, 0.05) is 42.8 Å². The summed E-state index contributed by atoms with van der Waals surface area (Å²) in [5.74, 6) is 0.476. The SMILES string of the molecule is CNC1CCN(c2ccc(Nc3ncc(C(F)(F)F)c(CCc4cccc5c4CC(=O)N5)n3)c(OC)c2)CC1. The molecule has 1 fully saturated rings. The first-order valence-electron chi connectivity index (χ1n) is 13.0. The van der Waals surface area contributed by atoms with Crippen molar-refractivity contribution < 1.29 is 22.7 Å². The average Bonchev–Trinajstić information content (AvgIpc) is 3.32. The van der Waals surface area contributed by atoms with Gasteiger partial charge >= 0.3 is 6.18 Å². The average molecular weight is 541 g/mol. The molecule has 3 aromatic rings. The lowest BCUT2D eigenvalue weighted by Gasteiger charge is -2.33. The first-order valence-corrected chi connectivity index (χ1v) is 13.0. The fourth-order valence-corrected chi connectivity index (χ4v) is 5.23. The Labute approximate surface area is 225 Å². The van der Waals surface area contributed by atoms with Crippen molar-refractivity contribution in [2.24, 2.45) is 0 Å². The van der Waals surface area contributed by atoms with E-state index in [9.17, 15) is 18.0 Å². The van der Waals surface area contributed by atoms with E-state index < -0.39 is 11.7 Å². The molecular formula is C28H31F3N6O2. The maximum absolute atomic E-state index is 13.8. The van der Waals surface area contributed by atoms with Gasteiger partial charge in [-0.1, -0.05) is 12.1 Å². The minimum atomic E-state index is -4.59. The Morgan fingerprint density at radius 2 is 1.95 bits per heavy atom. The van der Waals surface area contributed by atoms with Gasteiger partial charge in [0.2, 0.25) is 11.9 Å². The van der Waals surface area contributed by atoms with E-state index in [0.29, 0.717) is 29.6 Å². The fourth-order valence-electron chi connectivity index (χ4n) is 5.23. The van der Waals surface area contributed by atoms with E-state index in [1.807, 2.05) is 31.3 Å². The fraction of sp³-hybridized carbons (Fsp3) is 0.393. The van der Waals surface area contributed by atoms with E-state index in [-0.39, 0.29) is 30.4 Å². The smallest absolute Gasteiger partial charge is 0.419 e. The number of carbonyl (C=O) groups excluding carboxylic acids is 1. The molecule has 2 aliphatic heterocycles. The summed E-state index contributed by atoms with van der Waals surface area (Å²) >= 11 is 0. The summed E-state index contributed by atoms with van der Waals surface area (Å²) in [7, 11) is 3.53. The lowest BCUT2D eigenvalue weighted by atomic mass is 9.98. The Balaban J connectivity index is 1.36. The molecule has 0 bridgehead atoms. The van der Waals surface area contributed by atoms with E-state index in [0.717, 1.165) is 48.9 Å². The van der Waals surface area contributed by atoms with Gasteiger partial charge in [-0.3, -0.25) is 4.79 Å². The van der Waals surface area contributed by atoms with E-state index in [4.69, 9.17) is 4.74 Å². The van der Waals surface area contributed by atoms with Crippen LogP contribution in [0.3, 0.4) is 0 Å². The number of aryl methyl sites for hydroxylation is 2. The Kier molecular flexibility index (Phi) is 7.60. The summed E-state index contributed by atoms with van der Waals surface area (Å²) in [5, 5.41) is 9.13. The molecule has 3 heterocycles. The van der Waals surface area contributed by atoms with Gasteiger partial charge in [0.05, 0.1) is 30.5 Å². The molecule has 1 aromatic heterocycles. The Hall–Kier alpha value is -3.86. The molecule has 0 unspecified atom stereocenters. The molecule has 1 saturated heterocycles. The first kappa shape index (κ1) is 26.7. The van der Waals surface area contributed by atoms with Crippen LogP contribution in [0.2, 0.25) is 0 Å². The monoisotopic (exact) mass is 540 g/mol. The van der Waals surface area contributed by atoms with Crippen molar-refractivity contribution in [3.05, 3.63) is 65.0 Å². The van der Waals surface area contributed by atoms with E-state index in [2.05, 4.69) is 30.8 Å². The quantitative estimate of drug-likeness (QED) is 0.381. The minimum Gasteiger partial charge on any atom is -0.494 e. The highest BCUT2D eigenvalue weighted by Crippen LogP contribution is 2.35. The molecule has 0 spiro atoms. The molecule has 2 aromatic carbocycles. The number of alkyl halides is 3. The van der Waals surface area contributed by atoms with Crippen molar-refractivity contribution in [2.45, 2.75) is 44.3 Å². The number of piperidine rings is 1. The highest BCUT2D eigenvalue weighted by atomic mass is 19.4. The third-order valence-electron chi connectivity index (χ3n) is 7.39. The summed E-state index contributed by atoms with van der Waals surface area (Å²) in [4.78, 5) is 22.3. The number of carbonyl (C=O) groups is 1. The molecule has 3 N–H and O–H groups in total. The van der Waals surface area contributed by atoms with Gasteiger partial charge in [0.15, 0.2) is 0 Å². The molecular weight excluding hydrogens is 509 g/mol. The zero-order valence-electron chi connectivity index (χ0n) is 21.9. The summed E-state index contributed by atoms with van der Waals surface area (Å²) in [5.41, 5.74) is 2.94. The predicted octanol–water partition coefficient (Wildman–Crippen LogP) is 4.72. The maximum Gasteiger partial charge on any atom is 0.419 e. The zero-order valence-corrected chi connectivity index (χ0v) is 21.9. The number of aromatic nitrogens is 2. The van der Waals surface area contributed by atoms with Gasteiger partial charge < -0.3 is 25.6 Å². The summed E-state index contributed by atoms with van der Waals surface area (Å²) < 4.78 is 47.0. The van der Waals surface area contributed by atoms with Crippen molar-refractivity contribution >= 4 is 28.9 Å². The van der Waals surface area contributed by atoms with Gasteiger partial charge in [-0.2, -0.15) is 13.2 Å². The number of anilines is 4. The van der Waals surface area contributed by atoms with Gasteiger partial charge in [0.25, 0.3) is 0 Å². The Morgan fingerprint density at radius 1 is 1.15 bits per heavy atom. The van der Waals surface area contributed by atoms with Crippen LogP contribution in [0.15, 0.2) is 42.6 Å². The van der Waals surface area contributed by atoms with Crippen LogP contribution in [0, 0.1) is 0 Å². The summed E-state index contributed by atoms with van der Waals surface area (Å²) in [6.45, 7) is 1.84. The standard InChI is InChI=1S/C28H31F3N6O2/c1-32-18-10-12-37(13-11-18)19-7-9-24(25(14-19)39-2)36-27-33-16-21(28(29,30)31)23(35-27)8-6-17-4-3-5-22-20(17)15-26(38)34-22/h3-5,7,9,14,16,18,32H,6,8,10-13,15H2,1-2H3,(H,34,38)(H,33,35,36). The number of amides is 1. The summed E-state index contributed by atoms with van der Waals surface area (Å²) in [6, 6.07) is 11.6. The van der Waals surface area contributed by atoms with E-state index in [1.54, 1.807) is 19.2 Å². The number of methoxy groups -OCH3 is 1. The molecule has 0 atom stereocenters. The molecule has 8 nitrogen and oxygen atoms in total. The number of benzene rings is 2. The number of hydrogen-bond donors (Lipinski definition) is 3. The van der Waals surface area contributed by atoms with E-state index in [1.165, 1.54) is 0 Å². The first-order chi connectivity index (χ1) is 18.7. The van der Waals surface area contributed by atoms with Crippen LogP contribution < -0.4 is 25.6 Å². The van der Waals surface area contributed by atoms with Crippen molar-refractivity contribution in [3.63, 3.8) is 0 Å². The van der Waals surface area contributed by atoms with Gasteiger partial charge in [-0.15, -0.1) is 0 Å². The number of ether oxygens (including phenoxy) is 1. The molecule has 1 amide bonds. The molecule has 11 heteroatoms.